The first-order chi connectivity index (χ1) is 12.3. The van der Waals surface area contributed by atoms with Crippen LogP contribution < -0.4 is 15.5 Å². The topological polar surface area (TPSA) is 55.8 Å². The van der Waals surface area contributed by atoms with E-state index in [4.69, 9.17) is 0 Å². The molecule has 2 heterocycles. The summed E-state index contributed by atoms with van der Waals surface area (Å²) in [4.78, 5) is 13.8. The molecule has 6 nitrogen and oxygen atoms in total. The van der Waals surface area contributed by atoms with Crippen molar-refractivity contribution in [1.82, 2.24) is 20.5 Å². The van der Waals surface area contributed by atoms with Gasteiger partial charge in [-0.2, -0.15) is 0 Å². The third kappa shape index (κ3) is 4.95. The van der Waals surface area contributed by atoms with Crippen LogP contribution in [-0.4, -0.2) is 61.7 Å². The van der Waals surface area contributed by atoms with E-state index < -0.39 is 0 Å². The van der Waals surface area contributed by atoms with Crippen molar-refractivity contribution in [3.8, 4) is 0 Å². The summed E-state index contributed by atoms with van der Waals surface area (Å²) < 4.78 is 0. The van der Waals surface area contributed by atoms with Gasteiger partial charge in [-0.1, -0.05) is 19.1 Å². The smallest absolute Gasteiger partial charge is 0.191 e. The molecule has 0 unspecified atom stereocenters. The van der Waals surface area contributed by atoms with Gasteiger partial charge in [0.05, 0.1) is 0 Å². The van der Waals surface area contributed by atoms with Crippen LogP contribution in [0.2, 0.25) is 0 Å². The molecular weight excluding hydrogens is 312 g/mol. The highest BCUT2D eigenvalue weighted by molar-refractivity contribution is 5.80. The summed E-state index contributed by atoms with van der Waals surface area (Å²) in [5.74, 6) is 1.95. The van der Waals surface area contributed by atoms with Gasteiger partial charge >= 0.3 is 0 Å². The van der Waals surface area contributed by atoms with Gasteiger partial charge in [0.2, 0.25) is 0 Å². The second kappa shape index (κ2) is 8.85. The van der Waals surface area contributed by atoms with E-state index >= 15 is 0 Å². The molecule has 25 heavy (non-hydrogen) atoms. The fourth-order valence-electron chi connectivity index (χ4n) is 3.35. The van der Waals surface area contributed by atoms with E-state index in [1.54, 1.807) is 0 Å². The van der Waals surface area contributed by atoms with Gasteiger partial charge in [0.1, 0.15) is 5.82 Å². The quantitative estimate of drug-likeness (QED) is 0.484. The predicted molar refractivity (Wildman–Crippen MR) is 104 cm³/mol. The lowest BCUT2D eigenvalue weighted by Crippen LogP contribution is -2.46. The lowest BCUT2D eigenvalue weighted by atomic mass is 10.2. The van der Waals surface area contributed by atoms with Crippen LogP contribution in [0.15, 0.2) is 35.5 Å². The molecule has 0 aromatic carbocycles. The predicted octanol–water partition coefficient (Wildman–Crippen LogP) is 1.61. The molecule has 1 aromatic rings. The number of anilines is 1. The monoisotopic (exact) mass is 342 g/mol. The Morgan fingerprint density at radius 2 is 2.00 bits per heavy atom. The maximum atomic E-state index is 4.57. The maximum absolute atomic E-state index is 4.57. The summed E-state index contributed by atoms with van der Waals surface area (Å²) in [5, 5.41) is 6.89. The first-order valence-electron chi connectivity index (χ1n) is 9.33. The van der Waals surface area contributed by atoms with Crippen LogP contribution in [0.1, 0.15) is 25.3 Å². The summed E-state index contributed by atoms with van der Waals surface area (Å²) in [6.45, 7) is 8.45. The Labute approximate surface area is 151 Å². The van der Waals surface area contributed by atoms with Crippen molar-refractivity contribution in [2.45, 2.75) is 32.4 Å². The third-order valence-corrected chi connectivity index (χ3v) is 4.99. The molecule has 3 rings (SSSR count). The molecule has 0 saturated carbocycles. The van der Waals surface area contributed by atoms with Crippen LogP contribution in [0.4, 0.5) is 5.82 Å². The number of aliphatic imine (C=N–C) groups is 1. The molecule has 0 bridgehead atoms. The summed E-state index contributed by atoms with van der Waals surface area (Å²) in [6.07, 6.45) is 8.50. The van der Waals surface area contributed by atoms with Crippen LogP contribution in [0.5, 0.6) is 0 Å². The Hall–Kier alpha value is -2.08. The maximum Gasteiger partial charge on any atom is 0.191 e. The largest absolute Gasteiger partial charge is 0.354 e. The number of nitrogens with one attached hydrogen (secondary N) is 2. The van der Waals surface area contributed by atoms with Gasteiger partial charge in [0.15, 0.2) is 5.96 Å². The van der Waals surface area contributed by atoms with Crippen LogP contribution in [0, 0.1) is 0 Å². The van der Waals surface area contributed by atoms with Crippen LogP contribution in [0.25, 0.3) is 0 Å². The van der Waals surface area contributed by atoms with E-state index in [0.717, 1.165) is 63.9 Å². The molecule has 136 valence electrons. The first kappa shape index (κ1) is 17.7. The SMILES string of the molecule is CCN1CCN(c2cc(CNC(=NC)NC3CC=CC3)ccn2)CC1. The number of piperazine rings is 1. The number of aromatic nitrogens is 1. The average molecular weight is 342 g/mol. The summed E-state index contributed by atoms with van der Waals surface area (Å²) in [6, 6.07) is 4.73. The van der Waals surface area contributed by atoms with Gasteiger partial charge in [-0.25, -0.2) is 4.98 Å². The Bertz CT molecular complexity index is 596. The minimum atomic E-state index is 0.467. The third-order valence-electron chi connectivity index (χ3n) is 4.99. The van der Waals surface area contributed by atoms with Crippen molar-refractivity contribution in [2.24, 2.45) is 4.99 Å². The van der Waals surface area contributed by atoms with Gasteiger partial charge in [-0.05, 0) is 37.1 Å². The number of hydrogen-bond acceptors (Lipinski definition) is 4. The van der Waals surface area contributed by atoms with Gasteiger partial charge < -0.3 is 20.4 Å². The van der Waals surface area contributed by atoms with Crippen LogP contribution in [-0.2, 0) is 6.54 Å². The van der Waals surface area contributed by atoms with Gasteiger partial charge in [-0.15, -0.1) is 0 Å². The van der Waals surface area contributed by atoms with Gasteiger partial charge in [0, 0.05) is 52.0 Å². The van der Waals surface area contributed by atoms with Crippen molar-refractivity contribution in [1.29, 1.82) is 0 Å². The number of likely N-dealkylation sites (N-methyl/N-ethyl adjacent to an activating group) is 1. The van der Waals surface area contributed by atoms with Crippen molar-refractivity contribution >= 4 is 11.8 Å². The zero-order valence-electron chi connectivity index (χ0n) is 15.4. The number of nitrogens with zero attached hydrogens (tertiary/aromatic N) is 4. The molecule has 0 atom stereocenters. The minimum absolute atomic E-state index is 0.467. The lowest BCUT2D eigenvalue weighted by molar-refractivity contribution is 0.270. The molecule has 0 amide bonds. The fraction of sp³-hybridized carbons (Fsp3) is 0.579. The summed E-state index contributed by atoms with van der Waals surface area (Å²) >= 11 is 0. The van der Waals surface area contributed by atoms with Crippen molar-refractivity contribution in [2.75, 3.05) is 44.7 Å². The van der Waals surface area contributed by atoms with E-state index in [9.17, 15) is 0 Å². The molecule has 1 aliphatic heterocycles. The lowest BCUT2D eigenvalue weighted by Gasteiger charge is -2.34. The Balaban J connectivity index is 1.52. The highest BCUT2D eigenvalue weighted by atomic mass is 15.3. The highest BCUT2D eigenvalue weighted by Gasteiger charge is 2.17. The molecule has 1 saturated heterocycles. The van der Waals surface area contributed by atoms with Crippen molar-refractivity contribution in [3.05, 3.63) is 36.0 Å². The molecule has 1 aromatic heterocycles. The second-order valence-electron chi connectivity index (χ2n) is 6.65. The van der Waals surface area contributed by atoms with E-state index in [2.05, 4.69) is 61.6 Å². The van der Waals surface area contributed by atoms with Crippen LogP contribution >= 0.6 is 0 Å². The Morgan fingerprint density at radius 1 is 1.24 bits per heavy atom. The van der Waals surface area contributed by atoms with E-state index in [-0.39, 0.29) is 0 Å². The molecule has 1 aliphatic carbocycles. The fourth-order valence-corrected chi connectivity index (χ4v) is 3.35. The molecular formula is C19H30N6. The Kier molecular flexibility index (Phi) is 6.28. The van der Waals surface area contributed by atoms with Crippen LogP contribution in [0.3, 0.4) is 0 Å². The zero-order chi connectivity index (χ0) is 17.5. The molecule has 2 N–H and O–H groups in total. The van der Waals surface area contributed by atoms with Gasteiger partial charge in [0.25, 0.3) is 0 Å². The van der Waals surface area contributed by atoms with Gasteiger partial charge in [-0.3, -0.25) is 4.99 Å². The standard InChI is InChI=1S/C19H30N6/c1-3-24-10-12-25(13-11-24)18-14-16(8-9-21-18)15-22-19(20-2)23-17-6-4-5-7-17/h4-5,8-9,14,17H,3,6-7,10-13,15H2,1-2H3,(H2,20,22,23). The van der Waals surface area contributed by atoms with E-state index in [1.165, 1.54) is 5.56 Å². The number of rotatable bonds is 5. The number of guanidine groups is 1. The molecule has 2 aliphatic rings. The minimum Gasteiger partial charge on any atom is -0.354 e. The number of pyridine rings is 1. The molecule has 6 heteroatoms. The molecule has 0 radical (unpaired) electrons. The van der Waals surface area contributed by atoms with Crippen molar-refractivity contribution < 1.29 is 0 Å². The summed E-state index contributed by atoms with van der Waals surface area (Å²) in [7, 11) is 1.82. The average Bonchev–Trinajstić information content (AvgIpc) is 3.18. The van der Waals surface area contributed by atoms with Crippen molar-refractivity contribution in [3.63, 3.8) is 0 Å². The molecule has 0 spiro atoms. The normalized spacial score (nSPS) is 19.4. The van der Waals surface area contributed by atoms with E-state index in [0.29, 0.717) is 6.04 Å². The second-order valence-corrected chi connectivity index (χ2v) is 6.65. The number of hydrogen-bond donors (Lipinski definition) is 2. The highest BCUT2D eigenvalue weighted by Crippen LogP contribution is 2.15. The summed E-state index contributed by atoms with van der Waals surface area (Å²) in [5.41, 5.74) is 1.23. The zero-order valence-corrected chi connectivity index (χ0v) is 15.4. The molecule has 1 fully saturated rings. The Morgan fingerprint density at radius 3 is 2.68 bits per heavy atom. The first-order valence-corrected chi connectivity index (χ1v) is 9.33. The van der Waals surface area contributed by atoms with E-state index in [1.807, 2.05) is 13.2 Å².